The molecule has 0 bridgehead atoms. The number of aliphatic hydroxyl groups is 1. The summed E-state index contributed by atoms with van der Waals surface area (Å²) >= 11 is 1.61. The van der Waals surface area contributed by atoms with Crippen LogP contribution in [0.1, 0.15) is 11.8 Å². The lowest BCUT2D eigenvalue weighted by molar-refractivity contribution is 0.196. The van der Waals surface area contributed by atoms with Gasteiger partial charge in [0.15, 0.2) is 0 Å². The smallest absolute Gasteiger partial charge is 0.107 e. The van der Waals surface area contributed by atoms with Crippen molar-refractivity contribution in [2.75, 3.05) is 5.75 Å². The van der Waals surface area contributed by atoms with Gasteiger partial charge in [0.05, 0.1) is 17.6 Å². The molecule has 0 saturated heterocycles. The molecule has 0 radical (unpaired) electrons. The van der Waals surface area contributed by atoms with Crippen molar-refractivity contribution in [3.63, 3.8) is 0 Å². The summed E-state index contributed by atoms with van der Waals surface area (Å²) in [4.78, 5) is 1.13. The summed E-state index contributed by atoms with van der Waals surface area (Å²) in [6.45, 7) is 0. The number of hydrogen-bond donors (Lipinski definition) is 1. The van der Waals surface area contributed by atoms with Gasteiger partial charge in [0, 0.05) is 10.6 Å². The Morgan fingerprint density at radius 3 is 2.38 bits per heavy atom. The van der Waals surface area contributed by atoms with Gasteiger partial charge in [-0.3, -0.25) is 0 Å². The highest BCUT2D eigenvalue weighted by Gasteiger charge is 2.15. The lowest BCUT2D eigenvalue weighted by atomic mass is 10.2. The van der Waals surface area contributed by atoms with Crippen LogP contribution in [-0.2, 0) is 0 Å². The minimum atomic E-state index is -0.620. The minimum Gasteiger partial charge on any atom is -0.386 e. The first-order valence-corrected chi connectivity index (χ1v) is 7.65. The Hall–Kier alpha value is -2.11. The van der Waals surface area contributed by atoms with Crippen LogP contribution in [0.3, 0.4) is 0 Å². The van der Waals surface area contributed by atoms with E-state index in [1.807, 2.05) is 60.7 Å². The normalized spacial score (nSPS) is 12.2. The highest BCUT2D eigenvalue weighted by atomic mass is 32.2. The van der Waals surface area contributed by atoms with E-state index in [0.717, 1.165) is 10.6 Å². The fourth-order valence-electron chi connectivity index (χ4n) is 2.02. The second-order valence-electron chi connectivity index (χ2n) is 4.55. The summed E-state index contributed by atoms with van der Waals surface area (Å²) in [5.41, 5.74) is 1.60. The van der Waals surface area contributed by atoms with Crippen LogP contribution >= 0.6 is 11.8 Å². The highest BCUT2D eigenvalue weighted by Crippen LogP contribution is 2.25. The van der Waals surface area contributed by atoms with Crippen LogP contribution in [0.25, 0.3) is 5.69 Å². The molecule has 5 heteroatoms. The van der Waals surface area contributed by atoms with E-state index >= 15 is 0 Å². The van der Waals surface area contributed by atoms with Crippen LogP contribution in [0.2, 0.25) is 0 Å². The van der Waals surface area contributed by atoms with Crippen molar-refractivity contribution >= 4 is 11.8 Å². The van der Waals surface area contributed by atoms with Crippen LogP contribution in [0.15, 0.2) is 71.8 Å². The van der Waals surface area contributed by atoms with E-state index in [4.69, 9.17) is 0 Å². The van der Waals surface area contributed by atoms with Gasteiger partial charge in [-0.2, -0.15) is 0 Å². The van der Waals surface area contributed by atoms with E-state index in [2.05, 4.69) is 10.3 Å². The van der Waals surface area contributed by atoms with Crippen molar-refractivity contribution in [2.45, 2.75) is 11.0 Å². The Bertz CT molecular complexity index is 685. The van der Waals surface area contributed by atoms with Crippen molar-refractivity contribution in [2.24, 2.45) is 0 Å². The zero-order valence-electron chi connectivity index (χ0n) is 11.3. The van der Waals surface area contributed by atoms with E-state index in [1.165, 1.54) is 0 Å². The van der Waals surface area contributed by atoms with Crippen LogP contribution < -0.4 is 0 Å². The number of hydrogen-bond acceptors (Lipinski definition) is 4. The third-order valence-electron chi connectivity index (χ3n) is 3.07. The Labute approximate surface area is 127 Å². The maximum atomic E-state index is 10.4. The molecule has 0 fully saturated rings. The molecule has 0 spiro atoms. The van der Waals surface area contributed by atoms with Crippen LogP contribution in [-0.4, -0.2) is 25.9 Å². The molecule has 1 heterocycles. The number of para-hydroxylation sites is 1. The third-order valence-corrected chi connectivity index (χ3v) is 4.16. The summed E-state index contributed by atoms with van der Waals surface area (Å²) in [6.07, 6.45) is 0.994. The number of nitrogens with zero attached hydrogens (tertiary/aromatic N) is 3. The summed E-state index contributed by atoms with van der Waals surface area (Å²) in [5, 5.41) is 18.4. The standard InChI is InChI=1S/C16H15N3OS/c20-16(12-21-14-9-5-2-6-10-14)15-11-17-18-19(15)13-7-3-1-4-8-13/h1-11,16,20H,12H2. The lowest BCUT2D eigenvalue weighted by Gasteiger charge is -2.12. The highest BCUT2D eigenvalue weighted by molar-refractivity contribution is 7.99. The molecular weight excluding hydrogens is 282 g/mol. The van der Waals surface area contributed by atoms with Crippen molar-refractivity contribution in [1.82, 2.24) is 15.0 Å². The molecule has 1 N–H and O–H groups in total. The van der Waals surface area contributed by atoms with E-state index in [-0.39, 0.29) is 0 Å². The Kier molecular flexibility index (Phi) is 4.33. The number of aromatic nitrogens is 3. The van der Waals surface area contributed by atoms with E-state index in [1.54, 1.807) is 22.6 Å². The maximum Gasteiger partial charge on any atom is 0.107 e. The summed E-state index contributed by atoms with van der Waals surface area (Å²) in [7, 11) is 0. The van der Waals surface area contributed by atoms with Gasteiger partial charge < -0.3 is 5.11 Å². The predicted octanol–water partition coefficient (Wildman–Crippen LogP) is 3.09. The Morgan fingerprint density at radius 2 is 1.67 bits per heavy atom. The van der Waals surface area contributed by atoms with Crippen molar-refractivity contribution in [1.29, 1.82) is 0 Å². The molecule has 0 aliphatic rings. The molecule has 3 aromatic rings. The van der Waals surface area contributed by atoms with Gasteiger partial charge in [0.2, 0.25) is 0 Å². The fourth-order valence-corrected chi connectivity index (χ4v) is 2.89. The van der Waals surface area contributed by atoms with Gasteiger partial charge in [-0.1, -0.05) is 41.6 Å². The van der Waals surface area contributed by atoms with Crippen LogP contribution in [0.5, 0.6) is 0 Å². The molecule has 3 rings (SSSR count). The maximum absolute atomic E-state index is 10.4. The first-order chi connectivity index (χ1) is 10.3. The summed E-state index contributed by atoms with van der Waals surface area (Å²) in [5.74, 6) is 0.560. The minimum absolute atomic E-state index is 0.560. The first-order valence-electron chi connectivity index (χ1n) is 6.66. The molecule has 1 aromatic heterocycles. The molecule has 106 valence electrons. The Balaban J connectivity index is 1.74. The average molecular weight is 297 g/mol. The molecule has 0 aliphatic carbocycles. The molecule has 0 aliphatic heterocycles. The SMILES string of the molecule is OC(CSc1ccccc1)c1cnnn1-c1ccccc1. The molecule has 0 amide bonds. The molecule has 2 aromatic carbocycles. The second-order valence-corrected chi connectivity index (χ2v) is 5.64. The second kappa shape index (κ2) is 6.56. The van der Waals surface area contributed by atoms with Gasteiger partial charge in [-0.15, -0.1) is 16.9 Å². The predicted molar refractivity (Wildman–Crippen MR) is 83.5 cm³/mol. The van der Waals surface area contributed by atoms with Gasteiger partial charge in [0.1, 0.15) is 6.10 Å². The van der Waals surface area contributed by atoms with E-state index in [9.17, 15) is 5.11 Å². The largest absolute Gasteiger partial charge is 0.386 e. The number of thioether (sulfide) groups is 1. The average Bonchev–Trinajstić information content (AvgIpc) is 3.04. The van der Waals surface area contributed by atoms with E-state index < -0.39 is 6.10 Å². The molecule has 4 nitrogen and oxygen atoms in total. The van der Waals surface area contributed by atoms with Crippen molar-refractivity contribution < 1.29 is 5.11 Å². The van der Waals surface area contributed by atoms with Gasteiger partial charge in [-0.05, 0) is 24.3 Å². The Morgan fingerprint density at radius 1 is 1.00 bits per heavy atom. The molecule has 0 saturated carbocycles. The monoisotopic (exact) mass is 297 g/mol. The quantitative estimate of drug-likeness (QED) is 0.735. The summed E-state index contributed by atoms with van der Waals surface area (Å²) in [6, 6.07) is 19.7. The van der Waals surface area contributed by atoms with Crippen molar-refractivity contribution in [3.8, 4) is 5.69 Å². The molecule has 21 heavy (non-hydrogen) atoms. The zero-order chi connectivity index (χ0) is 14.5. The number of rotatable bonds is 5. The third kappa shape index (κ3) is 3.32. The van der Waals surface area contributed by atoms with Gasteiger partial charge >= 0.3 is 0 Å². The van der Waals surface area contributed by atoms with Crippen molar-refractivity contribution in [3.05, 3.63) is 72.6 Å². The first kappa shape index (κ1) is 13.9. The van der Waals surface area contributed by atoms with Crippen LogP contribution in [0, 0.1) is 0 Å². The van der Waals surface area contributed by atoms with E-state index in [0.29, 0.717) is 11.4 Å². The zero-order valence-corrected chi connectivity index (χ0v) is 12.1. The van der Waals surface area contributed by atoms with Gasteiger partial charge in [-0.25, -0.2) is 4.68 Å². The lowest BCUT2D eigenvalue weighted by Crippen LogP contribution is -2.09. The molecule has 1 unspecified atom stereocenters. The van der Waals surface area contributed by atoms with Gasteiger partial charge in [0.25, 0.3) is 0 Å². The number of aliphatic hydroxyl groups excluding tert-OH is 1. The summed E-state index contributed by atoms with van der Waals surface area (Å²) < 4.78 is 1.68. The molecule has 1 atom stereocenters. The fraction of sp³-hybridized carbons (Fsp3) is 0.125. The van der Waals surface area contributed by atoms with Crippen LogP contribution in [0.4, 0.5) is 0 Å². The topological polar surface area (TPSA) is 50.9 Å². The molecular formula is C16H15N3OS. The number of benzene rings is 2.